The lowest BCUT2D eigenvalue weighted by Crippen LogP contribution is -2.46. The van der Waals surface area contributed by atoms with Crippen LogP contribution in [0.5, 0.6) is 11.5 Å². The van der Waals surface area contributed by atoms with Gasteiger partial charge in [-0.3, -0.25) is 14.4 Å². The Labute approximate surface area is 234 Å². The van der Waals surface area contributed by atoms with Crippen LogP contribution in [-0.2, 0) is 6.54 Å². The van der Waals surface area contributed by atoms with E-state index in [9.17, 15) is 14.4 Å². The molecule has 40 heavy (non-hydrogen) atoms. The van der Waals surface area contributed by atoms with Gasteiger partial charge >= 0.3 is 0 Å². The van der Waals surface area contributed by atoms with Crippen LogP contribution in [0.1, 0.15) is 47.3 Å². The summed E-state index contributed by atoms with van der Waals surface area (Å²) in [5, 5.41) is 3.00. The molecular weight excluding hydrogens is 510 g/mol. The van der Waals surface area contributed by atoms with E-state index in [1.165, 1.54) is 0 Å². The topological polar surface area (TPSA) is 117 Å². The summed E-state index contributed by atoms with van der Waals surface area (Å²) in [6.45, 7) is 8.07. The lowest BCUT2D eigenvalue weighted by atomic mass is 9.99. The van der Waals surface area contributed by atoms with Gasteiger partial charge in [-0.2, -0.15) is 0 Å². The number of ether oxygens (including phenoxy) is 2. The van der Waals surface area contributed by atoms with E-state index in [1.54, 1.807) is 14.2 Å². The Morgan fingerprint density at radius 2 is 1.73 bits per heavy atom. The van der Waals surface area contributed by atoms with Crippen LogP contribution in [0.25, 0.3) is 0 Å². The van der Waals surface area contributed by atoms with Gasteiger partial charge in [0, 0.05) is 56.1 Å². The molecule has 3 aromatic rings. The Hall–Kier alpha value is -4.05. The Balaban J connectivity index is 1.39. The van der Waals surface area contributed by atoms with Crippen molar-refractivity contribution in [3.05, 3.63) is 73.5 Å². The van der Waals surface area contributed by atoms with Crippen molar-refractivity contribution >= 4 is 23.0 Å². The molecule has 0 radical (unpaired) electrons. The Kier molecular flexibility index (Phi) is 7.97. The van der Waals surface area contributed by atoms with Crippen molar-refractivity contribution in [1.29, 1.82) is 0 Å². The van der Waals surface area contributed by atoms with Gasteiger partial charge in [0.1, 0.15) is 11.4 Å². The Bertz CT molecular complexity index is 1460. The van der Waals surface area contributed by atoms with Crippen molar-refractivity contribution in [2.75, 3.05) is 69.4 Å². The smallest absolute Gasteiger partial charge is 0.255 e. The number of hydrogen-bond acceptors (Lipinski definition) is 9. The van der Waals surface area contributed by atoms with Gasteiger partial charge in [0.25, 0.3) is 16.8 Å². The summed E-state index contributed by atoms with van der Waals surface area (Å²) in [5.41, 5.74) is 8.50. The van der Waals surface area contributed by atoms with E-state index < -0.39 is 10.9 Å². The van der Waals surface area contributed by atoms with Gasteiger partial charge < -0.3 is 35.2 Å². The van der Waals surface area contributed by atoms with E-state index in [0.717, 1.165) is 55.1 Å². The minimum atomic E-state index is -0.641. The number of nitrogens with zero attached hydrogens (tertiary/aromatic N) is 3. The third-order valence-electron chi connectivity index (χ3n) is 8.20. The number of hydrogen-bond donors (Lipinski definition) is 2. The summed E-state index contributed by atoms with van der Waals surface area (Å²) in [6.07, 6.45) is 1.27. The number of methoxy groups -OCH3 is 2. The zero-order chi connectivity index (χ0) is 28.4. The standard InChI is InChI=1S/C30H37N5O5/c1-4-33-13-15-34(16-14-33)23-8-5-7-20-21(23)18-35(30(20)38)22(19-10-11-24(39-2)25(17-19)40-3)9-6-12-32-27-26(31)28(36)29(27)37/h5,7-8,10-11,17,22,32H,4,6,9,12-16,18,31H2,1-3H3/t22-/m1/s1. The molecule has 2 aliphatic rings. The fourth-order valence-corrected chi connectivity index (χ4v) is 5.85. The zero-order valence-corrected chi connectivity index (χ0v) is 23.4. The molecule has 2 heterocycles. The predicted molar refractivity (Wildman–Crippen MR) is 156 cm³/mol. The van der Waals surface area contributed by atoms with Gasteiger partial charge in [0.2, 0.25) is 0 Å². The van der Waals surface area contributed by atoms with Crippen molar-refractivity contribution in [2.24, 2.45) is 0 Å². The number of nitrogens with two attached hydrogens (primary N) is 1. The van der Waals surface area contributed by atoms with Crippen molar-refractivity contribution in [1.82, 2.24) is 9.80 Å². The van der Waals surface area contributed by atoms with Crippen LogP contribution in [0, 0.1) is 0 Å². The monoisotopic (exact) mass is 547 g/mol. The number of anilines is 3. The van der Waals surface area contributed by atoms with E-state index in [-0.39, 0.29) is 23.3 Å². The molecule has 0 bridgehead atoms. The summed E-state index contributed by atoms with van der Waals surface area (Å²) in [6, 6.07) is 11.5. The van der Waals surface area contributed by atoms with Crippen molar-refractivity contribution in [2.45, 2.75) is 32.4 Å². The molecule has 0 unspecified atom stereocenters. The van der Waals surface area contributed by atoms with E-state index in [1.807, 2.05) is 35.2 Å². The van der Waals surface area contributed by atoms with Crippen molar-refractivity contribution in [3.8, 4) is 11.5 Å². The summed E-state index contributed by atoms with van der Waals surface area (Å²) < 4.78 is 11.0. The lowest BCUT2D eigenvalue weighted by molar-refractivity contribution is 0.0690. The van der Waals surface area contributed by atoms with Crippen molar-refractivity contribution < 1.29 is 14.3 Å². The number of likely N-dealkylation sites (N-methyl/N-ethyl adjacent to an activating group) is 1. The molecule has 1 fully saturated rings. The molecule has 10 heteroatoms. The number of nitrogens with one attached hydrogen (secondary N) is 1. The second kappa shape index (κ2) is 11.6. The van der Waals surface area contributed by atoms with E-state index in [4.69, 9.17) is 15.2 Å². The summed E-state index contributed by atoms with van der Waals surface area (Å²) in [7, 11) is 3.19. The fraction of sp³-hybridized carbons (Fsp3) is 0.433. The number of fused-ring (bicyclic) bond motifs is 1. The molecule has 0 aliphatic carbocycles. The molecule has 3 aromatic carbocycles. The van der Waals surface area contributed by atoms with Gasteiger partial charge in [-0.1, -0.05) is 19.1 Å². The maximum absolute atomic E-state index is 13.9. The normalized spacial score (nSPS) is 16.3. The van der Waals surface area contributed by atoms with Crippen LogP contribution in [0.15, 0.2) is 46.0 Å². The molecule has 1 amide bonds. The van der Waals surface area contributed by atoms with Crippen LogP contribution in [0.4, 0.5) is 17.1 Å². The minimum Gasteiger partial charge on any atom is -0.493 e. The van der Waals surface area contributed by atoms with Gasteiger partial charge in [-0.05, 0) is 49.2 Å². The average molecular weight is 548 g/mol. The molecule has 1 saturated heterocycles. The first-order valence-corrected chi connectivity index (χ1v) is 13.8. The SMILES string of the molecule is CCN1CCN(c2cccc3c2CN([C@H](CCCNc2c(N)c(=O)c2=O)c2ccc(OC)c(OC)c2)C3=O)CC1. The van der Waals surface area contributed by atoms with Gasteiger partial charge in [0.05, 0.1) is 20.3 Å². The van der Waals surface area contributed by atoms with Crippen LogP contribution >= 0.6 is 0 Å². The van der Waals surface area contributed by atoms with Gasteiger partial charge in [-0.25, -0.2) is 0 Å². The molecule has 0 saturated carbocycles. The largest absolute Gasteiger partial charge is 0.493 e. The molecule has 1 atom stereocenters. The zero-order valence-electron chi connectivity index (χ0n) is 23.4. The number of amides is 1. The van der Waals surface area contributed by atoms with Crippen LogP contribution in [0.2, 0.25) is 0 Å². The third kappa shape index (κ3) is 4.99. The highest BCUT2D eigenvalue weighted by atomic mass is 16.5. The second-order valence-corrected chi connectivity index (χ2v) is 10.3. The molecule has 0 spiro atoms. The van der Waals surface area contributed by atoms with Crippen LogP contribution in [-0.4, -0.2) is 69.2 Å². The maximum Gasteiger partial charge on any atom is 0.255 e. The minimum absolute atomic E-state index is 0.00325. The highest BCUT2D eigenvalue weighted by Gasteiger charge is 2.36. The van der Waals surface area contributed by atoms with Crippen molar-refractivity contribution in [3.63, 3.8) is 0 Å². The van der Waals surface area contributed by atoms with E-state index >= 15 is 0 Å². The number of rotatable bonds is 11. The highest BCUT2D eigenvalue weighted by molar-refractivity contribution is 6.00. The summed E-state index contributed by atoms with van der Waals surface area (Å²) in [4.78, 5) is 43.9. The Morgan fingerprint density at radius 1 is 0.975 bits per heavy atom. The third-order valence-corrected chi connectivity index (χ3v) is 8.20. The molecule has 0 aromatic heterocycles. The first-order valence-electron chi connectivity index (χ1n) is 13.8. The van der Waals surface area contributed by atoms with Crippen LogP contribution < -0.4 is 36.3 Å². The molecular formula is C30H37N5O5. The second-order valence-electron chi connectivity index (χ2n) is 10.3. The molecule has 212 valence electrons. The predicted octanol–water partition coefficient (Wildman–Crippen LogP) is 2.61. The number of benzene rings is 2. The number of nitrogen functional groups attached to an aromatic ring is 1. The number of carbonyl (C=O) groups is 1. The van der Waals surface area contributed by atoms with E-state index in [2.05, 4.69) is 28.1 Å². The van der Waals surface area contributed by atoms with Gasteiger partial charge in [-0.15, -0.1) is 0 Å². The summed E-state index contributed by atoms with van der Waals surface area (Å²) >= 11 is 0. The maximum atomic E-state index is 13.9. The lowest BCUT2D eigenvalue weighted by Gasteiger charge is -2.36. The number of carbonyl (C=O) groups excluding carboxylic acids is 1. The van der Waals surface area contributed by atoms with Crippen LogP contribution in [0.3, 0.4) is 0 Å². The quantitative estimate of drug-likeness (QED) is 0.276. The van der Waals surface area contributed by atoms with Gasteiger partial charge in [0.15, 0.2) is 11.5 Å². The molecule has 10 nitrogen and oxygen atoms in total. The fourth-order valence-electron chi connectivity index (χ4n) is 5.85. The molecule has 3 N–H and O–H groups in total. The average Bonchev–Trinajstić information content (AvgIpc) is 3.34. The Morgan fingerprint density at radius 3 is 2.40 bits per heavy atom. The highest BCUT2D eigenvalue weighted by Crippen LogP contribution is 2.40. The van der Waals surface area contributed by atoms with E-state index in [0.29, 0.717) is 37.4 Å². The first-order chi connectivity index (χ1) is 19.4. The molecule has 2 aliphatic heterocycles. The summed E-state index contributed by atoms with van der Waals surface area (Å²) in [5.74, 6) is 1.22. The number of piperazine rings is 1. The molecule has 5 rings (SSSR count). The first kappa shape index (κ1) is 27.5.